The molecule has 0 saturated heterocycles. The van der Waals surface area contributed by atoms with Crippen LogP contribution in [0.25, 0.3) is 11.0 Å². The Kier molecular flexibility index (Phi) is 4.64. The average Bonchev–Trinajstić information content (AvgIpc) is 2.89. The van der Waals surface area contributed by atoms with E-state index in [4.69, 9.17) is 5.73 Å². The predicted molar refractivity (Wildman–Crippen MR) is 106 cm³/mol. The third-order valence-corrected chi connectivity index (χ3v) is 7.50. The molecule has 0 fully saturated rings. The molecule has 7 heteroatoms. The minimum Gasteiger partial charge on any atom is -0.368 e. The second-order valence-corrected chi connectivity index (χ2v) is 9.65. The van der Waals surface area contributed by atoms with E-state index in [1.165, 1.54) is 0 Å². The fourth-order valence-corrected chi connectivity index (χ4v) is 4.77. The maximum atomic E-state index is 12.7. The van der Waals surface area contributed by atoms with Crippen LogP contribution in [0.2, 0.25) is 0 Å². The van der Waals surface area contributed by atoms with Crippen molar-refractivity contribution in [2.45, 2.75) is 23.9 Å². The molecule has 1 aliphatic rings. The zero-order valence-electron chi connectivity index (χ0n) is 14.1. The third-order valence-electron chi connectivity index (χ3n) is 4.31. The molecule has 3 rings (SSSR count). The fourth-order valence-electron chi connectivity index (χ4n) is 2.83. The van der Waals surface area contributed by atoms with Gasteiger partial charge in [0, 0.05) is 10.7 Å². The number of hydrogen-bond acceptors (Lipinski definition) is 4. The second kappa shape index (κ2) is 6.46. The van der Waals surface area contributed by atoms with Crippen LogP contribution in [0.3, 0.4) is 0 Å². The maximum Gasteiger partial charge on any atom is 0.244 e. The number of nitrogens with zero attached hydrogens (tertiary/aromatic N) is 2. The number of anilines is 1. The zero-order chi connectivity index (χ0) is 18.4. The predicted octanol–water partition coefficient (Wildman–Crippen LogP) is 3.94. The molecule has 1 aromatic carbocycles. The smallest absolute Gasteiger partial charge is 0.244 e. The molecule has 5 nitrogen and oxygen atoms in total. The van der Waals surface area contributed by atoms with Crippen molar-refractivity contribution in [2.75, 3.05) is 5.73 Å². The molecule has 2 atom stereocenters. The summed E-state index contributed by atoms with van der Waals surface area (Å²) in [6.45, 7) is 7.34. The maximum absolute atomic E-state index is 12.7. The van der Waals surface area contributed by atoms with Gasteiger partial charge in [0.2, 0.25) is 16.0 Å². The summed E-state index contributed by atoms with van der Waals surface area (Å²) in [6.07, 6.45) is 7.98. The fraction of sp³-hybridized carbons (Fsp3) is 0.278. The quantitative estimate of drug-likeness (QED) is 0.758. The molecule has 2 unspecified atom stereocenters. The molecule has 0 bridgehead atoms. The lowest BCUT2D eigenvalue weighted by Crippen LogP contribution is -2.23. The van der Waals surface area contributed by atoms with E-state index < -0.39 is 15.3 Å². The Labute approximate surface area is 156 Å². The highest BCUT2D eigenvalue weighted by Crippen LogP contribution is 2.39. The van der Waals surface area contributed by atoms with Crippen LogP contribution >= 0.6 is 15.9 Å². The monoisotopic (exact) mass is 421 g/mol. The van der Waals surface area contributed by atoms with E-state index in [0.717, 1.165) is 15.1 Å². The Morgan fingerprint density at radius 3 is 2.68 bits per heavy atom. The molecule has 0 amide bonds. The summed E-state index contributed by atoms with van der Waals surface area (Å²) in [5.74, 6) is 0.0785. The Hall–Kier alpha value is -1.86. The van der Waals surface area contributed by atoms with Crippen molar-refractivity contribution in [1.29, 1.82) is 0 Å². The first-order valence-corrected chi connectivity index (χ1v) is 10.4. The van der Waals surface area contributed by atoms with Gasteiger partial charge in [0.15, 0.2) is 0 Å². The number of nitrogens with two attached hydrogens (primary N) is 1. The second-order valence-electron chi connectivity index (χ2n) is 6.32. The van der Waals surface area contributed by atoms with E-state index in [1.54, 1.807) is 19.9 Å². The summed E-state index contributed by atoms with van der Waals surface area (Å²) < 4.78 is 26.5. The first kappa shape index (κ1) is 17.9. The van der Waals surface area contributed by atoms with Gasteiger partial charge in [-0.2, -0.15) is 0 Å². The van der Waals surface area contributed by atoms with Gasteiger partial charge < -0.3 is 5.73 Å². The first-order valence-electron chi connectivity index (χ1n) is 7.93. The van der Waals surface area contributed by atoms with Crippen molar-refractivity contribution in [2.24, 2.45) is 5.92 Å². The van der Waals surface area contributed by atoms with Crippen LogP contribution in [-0.4, -0.2) is 22.6 Å². The van der Waals surface area contributed by atoms with Crippen LogP contribution in [0.1, 0.15) is 24.2 Å². The Morgan fingerprint density at radius 2 is 2.04 bits per heavy atom. The Morgan fingerprint density at radius 1 is 1.32 bits per heavy atom. The standard InChI is InChI=1S/C18H20BrN3O2S/c1-11(2)25(23,24)22-16-10-13(8-9-15(16)21-18(22)20)17(19)14-7-5-4-6-12(14)3/h4-11,14,17H,3H2,1-2H3,(H2,20,21). The average molecular weight is 422 g/mol. The highest BCUT2D eigenvalue weighted by Gasteiger charge is 2.26. The van der Waals surface area contributed by atoms with Gasteiger partial charge in [-0.1, -0.05) is 52.9 Å². The number of aromatic nitrogens is 2. The van der Waals surface area contributed by atoms with E-state index in [-0.39, 0.29) is 16.7 Å². The largest absolute Gasteiger partial charge is 0.368 e. The number of halogens is 1. The van der Waals surface area contributed by atoms with E-state index in [0.29, 0.717) is 11.0 Å². The van der Waals surface area contributed by atoms with Gasteiger partial charge in [0.1, 0.15) is 0 Å². The van der Waals surface area contributed by atoms with Crippen LogP contribution in [0, 0.1) is 5.92 Å². The molecule has 0 aliphatic heterocycles. The molecule has 132 valence electrons. The molecular formula is C18H20BrN3O2S. The van der Waals surface area contributed by atoms with E-state index in [1.807, 2.05) is 30.4 Å². The van der Waals surface area contributed by atoms with Crippen LogP contribution in [-0.2, 0) is 10.0 Å². The summed E-state index contributed by atoms with van der Waals surface area (Å²) >= 11 is 3.73. The van der Waals surface area contributed by atoms with Gasteiger partial charge in [0.25, 0.3) is 0 Å². The highest BCUT2D eigenvalue weighted by atomic mass is 79.9. The molecular weight excluding hydrogens is 402 g/mol. The lowest BCUT2D eigenvalue weighted by Gasteiger charge is -2.22. The molecule has 0 saturated carbocycles. The third kappa shape index (κ3) is 3.06. The summed E-state index contributed by atoms with van der Waals surface area (Å²) in [7, 11) is -3.60. The number of hydrogen-bond donors (Lipinski definition) is 1. The minimum atomic E-state index is -3.60. The van der Waals surface area contributed by atoms with Crippen molar-refractivity contribution in [1.82, 2.24) is 8.96 Å². The summed E-state index contributed by atoms with van der Waals surface area (Å²) in [5.41, 5.74) is 8.88. The first-order chi connectivity index (χ1) is 11.7. The van der Waals surface area contributed by atoms with Gasteiger partial charge in [-0.25, -0.2) is 17.4 Å². The molecule has 0 spiro atoms. The van der Waals surface area contributed by atoms with Crippen LogP contribution in [0.4, 0.5) is 5.95 Å². The summed E-state index contributed by atoms with van der Waals surface area (Å²) in [6, 6.07) is 5.56. The zero-order valence-corrected chi connectivity index (χ0v) is 16.5. The van der Waals surface area contributed by atoms with Crippen LogP contribution < -0.4 is 5.73 Å². The van der Waals surface area contributed by atoms with E-state index in [2.05, 4.69) is 33.6 Å². The Bertz CT molecular complexity index is 1000. The minimum absolute atomic E-state index is 0.0168. The normalized spacial score (nSPS) is 19.0. The molecule has 25 heavy (non-hydrogen) atoms. The van der Waals surface area contributed by atoms with Gasteiger partial charge in [-0.05, 0) is 37.1 Å². The van der Waals surface area contributed by atoms with Gasteiger partial charge in [0.05, 0.1) is 16.3 Å². The van der Waals surface area contributed by atoms with Crippen molar-refractivity contribution < 1.29 is 8.42 Å². The molecule has 2 N–H and O–H groups in total. The van der Waals surface area contributed by atoms with E-state index >= 15 is 0 Å². The topological polar surface area (TPSA) is 78.0 Å². The SMILES string of the molecule is C=C1C=CC=CC1C(Br)c1ccc2nc(N)n(S(=O)(=O)C(C)C)c2c1. The number of alkyl halides is 1. The van der Waals surface area contributed by atoms with Crippen molar-refractivity contribution in [3.63, 3.8) is 0 Å². The number of nitrogen functional groups attached to an aromatic ring is 1. The lowest BCUT2D eigenvalue weighted by molar-refractivity contribution is 0.580. The number of imidazole rings is 1. The van der Waals surface area contributed by atoms with Crippen LogP contribution in [0.15, 0.2) is 54.7 Å². The van der Waals surface area contributed by atoms with Gasteiger partial charge in [-0.3, -0.25) is 0 Å². The number of benzene rings is 1. The molecule has 1 aromatic heterocycles. The van der Waals surface area contributed by atoms with Gasteiger partial charge in [-0.15, -0.1) is 0 Å². The Balaban J connectivity index is 2.13. The molecule has 1 aliphatic carbocycles. The van der Waals surface area contributed by atoms with E-state index in [9.17, 15) is 8.42 Å². The van der Waals surface area contributed by atoms with Gasteiger partial charge >= 0.3 is 0 Å². The molecule has 2 aromatic rings. The van der Waals surface area contributed by atoms with Crippen molar-refractivity contribution >= 4 is 42.9 Å². The highest BCUT2D eigenvalue weighted by molar-refractivity contribution is 9.09. The number of fused-ring (bicyclic) bond motifs is 1. The number of allylic oxidation sites excluding steroid dienone is 5. The molecule has 1 heterocycles. The summed E-state index contributed by atoms with van der Waals surface area (Å²) in [5, 5.41) is -0.596. The van der Waals surface area contributed by atoms with Crippen LogP contribution in [0.5, 0.6) is 0 Å². The lowest BCUT2D eigenvalue weighted by atomic mass is 9.89. The number of rotatable bonds is 4. The summed E-state index contributed by atoms with van der Waals surface area (Å²) in [4.78, 5) is 4.16. The van der Waals surface area contributed by atoms with Crippen molar-refractivity contribution in [3.8, 4) is 0 Å². The van der Waals surface area contributed by atoms with Crippen molar-refractivity contribution in [3.05, 3.63) is 60.2 Å². The molecule has 0 radical (unpaired) electrons.